The molecule has 0 amide bonds. The first-order valence-corrected chi connectivity index (χ1v) is 6.44. The number of nitrogens with one attached hydrogen (secondary N) is 1. The second kappa shape index (κ2) is 8.11. The van der Waals surface area contributed by atoms with Crippen LogP contribution in [-0.2, 0) is 16.0 Å². The summed E-state index contributed by atoms with van der Waals surface area (Å²) in [6.07, 6.45) is 4.79. The maximum atomic E-state index is 5.23. The second-order valence-corrected chi connectivity index (χ2v) is 4.74. The highest BCUT2D eigenvalue weighted by atomic mass is 16.5. The zero-order valence-corrected chi connectivity index (χ0v) is 11.8. The molecule has 18 heavy (non-hydrogen) atoms. The fourth-order valence-electron chi connectivity index (χ4n) is 1.76. The fraction of sp³-hybridized carbons (Fsp3) is 0.769. The van der Waals surface area contributed by atoms with E-state index in [1.165, 1.54) is 0 Å². The third kappa shape index (κ3) is 4.66. The molecular weight excluding hydrogens is 230 g/mol. The molecule has 1 heterocycles. The molecule has 104 valence electrons. The molecule has 5 heteroatoms. The van der Waals surface area contributed by atoms with Crippen molar-refractivity contribution in [3.05, 3.63) is 12.4 Å². The molecule has 1 aromatic rings. The Morgan fingerprint density at radius 2 is 2.11 bits per heavy atom. The van der Waals surface area contributed by atoms with E-state index in [4.69, 9.17) is 9.47 Å². The van der Waals surface area contributed by atoms with E-state index in [-0.39, 0.29) is 6.04 Å². The van der Waals surface area contributed by atoms with E-state index in [1.807, 2.05) is 12.4 Å². The van der Waals surface area contributed by atoms with Gasteiger partial charge < -0.3 is 19.4 Å². The summed E-state index contributed by atoms with van der Waals surface area (Å²) in [5, 5.41) is 3.44. The van der Waals surface area contributed by atoms with E-state index >= 15 is 0 Å². The maximum Gasteiger partial charge on any atom is 0.203 e. The monoisotopic (exact) mass is 255 g/mol. The molecule has 0 aliphatic heterocycles. The summed E-state index contributed by atoms with van der Waals surface area (Å²) in [4.78, 5) is 4.35. The number of aryl methyl sites for hydroxylation is 1. The first-order chi connectivity index (χ1) is 8.69. The lowest BCUT2D eigenvalue weighted by molar-refractivity contribution is 0.170. The van der Waals surface area contributed by atoms with Gasteiger partial charge in [-0.1, -0.05) is 13.8 Å². The Labute approximate surface area is 109 Å². The number of hydrogen-bond acceptors (Lipinski definition) is 4. The van der Waals surface area contributed by atoms with Gasteiger partial charge in [-0.25, -0.2) is 4.98 Å². The molecule has 1 unspecified atom stereocenters. The molecule has 0 bridgehead atoms. The molecule has 0 spiro atoms. The number of hydrogen-bond donors (Lipinski definition) is 1. The van der Waals surface area contributed by atoms with Crippen molar-refractivity contribution in [1.82, 2.24) is 9.55 Å². The quantitative estimate of drug-likeness (QED) is 0.686. The van der Waals surface area contributed by atoms with Crippen LogP contribution in [0.15, 0.2) is 12.4 Å². The number of ether oxygens (including phenoxy) is 2. The number of aromatic nitrogens is 2. The maximum absolute atomic E-state index is 5.23. The zero-order valence-electron chi connectivity index (χ0n) is 11.8. The number of nitrogens with zero attached hydrogens (tertiary/aromatic N) is 2. The summed E-state index contributed by atoms with van der Waals surface area (Å²) in [6, 6.07) is 0.276. The molecule has 1 rings (SSSR count). The van der Waals surface area contributed by atoms with Crippen LogP contribution in [0, 0.1) is 5.92 Å². The molecular formula is C13H25N3O2. The Morgan fingerprint density at radius 1 is 1.33 bits per heavy atom. The predicted molar refractivity (Wildman–Crippen MR) is 72.8 cm³/mol. The van der Waals surface area contributed by atoms with Gasteiger partial charge in [-0.05, 0) is 12.3 Å². The molecule has 0 radical (unpaired) electrons. The largest absolute Gasteiger partial charge is 0.385 e. The first-order valence-electron chi connectivity index (χ1n) is 6.44. The van der Waals surface area contributed by atoms with Crippen LogP contribution in [0.2, 0.25) is 0 Å². The Balaban J connectivity index is 2.56. The molecule has 0 aliphatic carbocycles. The van der Waals surface area contributed by atoms with Crippen LogP contribution in [0.4, 0.5) is 5.95 Å². The van der Waals surface area contributed by atoms with Crippen molar-refractivity contribution >= 4 is 5.95 Å². The molecule has 0 saturated carbocycles. The first kappa shape index (κ1) is 15.0. The van der Waals surface area contributed by atoms with Gasteiger partial charge in [-0.15, -0.1) is 0 Å². The Morgan fingerprint density at radius 3 is 2.72 bits per heavy atom. The van der Waals surface area contributed by atoms with Crippen LogP contribution in [0.5, 0.6) is 0 Å². The molecule has 1 N–H and O–H groups in total. The van der Waals surface area contributed by atoms with Crippen LogP contribution < -0.4 is 5.32 Å². The van der Waals surface area contributed by atoms with Crippen molar-refractivity contribution in [2.45, 2.75) is 32.9 Å². The summed E-state index contributed by atoms with van der Waals surface area (Å²) in [6.45, 7) is 6.71. The van der Waals surface area contributed by atoms with E-state index < -0.39 is 0 Å². The fourth-order valence-corrected chi connectivity index (χ4v) is 1.76. The van der Waals surface area contributed by atoms with Crippen molar-refractivity contribution in [3.8, 4) is 0 Å². The van der Waals surface area contributed by atoms with Crippen molar-refractivity contribution < 1.29 is 9.47 Å². The van der Waals surface area contributed by atoms with E-state index in [9.17, 15) is 0 Å². The Bertz CT molecular complexity index is 326. The average molecular weight is 255 g/mol. The zero-order chi connectivity index (χ0) is 13.4. The summed E-state index contributed by atoms with van der Waals surface area (Å²) in [5.74, 6) is 1.40. The normalized spacial score (nSPS) is 12.9. The molecule has 1 atom stereocenters. The van der Waals surface area contributed by atoms with Crippen LogP contribution in [0.25, 0.3) is 0 Å². The predicted octanol–water partition coefficient (Wildman–Crippen LogP) is 2.00. The van der Waals surface area contributed by atoms with Crippen molar-refractivity contribution in [1.29, 1.82) is 0 Å². The van der Waals surface area contributed by atoms with Gasteiger partial charge in [0.25, 0.3) is 0 Å². The molecule has 0 fully saturated rings. The smallest absolute Gasteiger partial charge is 0.203 e. The molecule has 1 aromatic heterocycles. The van der Waals surface area contributed by atoms with Crippen LogP contribution in [0.1, 0.15) is 20.3 Å². The van der Waals surface area contributed by atoms with E-state index in [2.05, 4.69) is 28.7 Å². The van der Waals surface area contributed by atoms with E-state index in [0.29, 0.717) is 12.5 Å². The molecule has 0 aromatic carbocycles. The van der Waals surface area contributed by atoms with Crippen molar-refractivity contribution in [3.63, 3.8) is 0 Å². The van der Waals surface area contributed by atoms with Gasteiger partial charge >= 0.3 is 0 Å². The summed E-state index contributed by atoms with van der Waals surface area (Å²) in [7, 11) is 3.45. The van der Waals surface area contributed by atoms with E-state index in [0.717, 1.165) is 25.5 Å². The van der Waals surface area contributed by atoms with Gasteiger partial charge in [0.1, 0.15) is 0 Å². The molecule has 5 nitrogen and oxygen atoms in total. The summed E-state index contributed by atoms with van der Waals surface area (Å²) >= 11 is 0. The number of rotatable bonds is 9. The highest BCUT2D eigenvalue weighted by Gasteiger charge is 2.15. The highest BCUT2D eigenvalue weighted by molar-refractivity contribution is 5.27. The summed E-state index contributed by atoms with van der Waals surface area (Å²) < 4.78 is 12.4. The lowest BCUT2D eigenvalue weighted by Gasteiger charge is -2.22. The third-order valence-electron chi connectivity index (χ3n) is 2.93. The number of methoxy groups -OCH3 is 2. The van der Waals surface area contributed by atoms with Gasteiger partial charge in [-0.2, -0.15) is 0 Å². The van der Waals surface area contributed by atoms with Crippen molar-refractivity contribution in [2.75, 3.05) is 32.8 Å². The molecule has 0 aliphatic rings. The average Bonchev–Trinajstić information content (AvgIpc) is 2.76. The SMILES string of the molecule is COCCCn1ccnc1NC(COC)C(C)C. The van der Waals surface area contributed by atoms with Gasteiger partial charge in [0, 0.05) is 39.8 Å². The van der Waals surface area contributed by atoms with Crippen molar-refractivity contribution in [2.24, 2.45) is 5.92 Å². The minimum Gasteiger partial charge on any atom is -0.385 e. The second-order valence-electron chi connectivity index (χ2n) is 4.74. The number of imidazole rings is 1. The third-order valence-corrected chi connectivity index (χ3v) is 2.93. The topological polar surface area (TPSA) is 48.3 Å². The van der Waals surface area contributed by atoms with Crippen LogP contribution in [-0.4, -0.2) is 43.0 Å². The summed E-state index contributed by atoms with van der Waals surface area (Å²) in [5.41, 5.74) is 0. The van der Waals surface area contributed by atoms with E-state index in [1.54, 1.807) is 14.2 Å². The highest BCUT2D eigenvalue weighted by Crippen LogP contribution is 2.12. The minimum atomic E-state index is 0.276. The Hall–Kier alpha value is -1.07. The minimum absolute atomic E-state index is 0.276. The van der Waals surface area contributed by atoms with Gasteiger partial charge in [0.15, 0.2) is 0 Å². The lowest BCUT2D eigenvalue weighted by atomic mass is 10.1. The van der Waals surface area contributed by atoms with Gasteiger partial charge in [-0.3, -0.25) is 0 Å². The van der Waals surface area contributed by atoms with Crippen LogP contribution >= 0.6 is 0 Å². The molecule has 0 saturated heterocycles. The van der Waals surface area contributed by atoms with Gasteiger partial charge in [0.2, 0.25) is 5.95 Å². The Kier molecular flexibility index (Phi) is 6.75. The lowest BCUT2D eigenvalue weighted by Crippen LogP contribution is -2.31. The standard InChI is InChI=1S/C13H25N3O2/c1-11(2)12(10-18-4)15-13-14-6-8-16(13)7-5-9-17-3/h6,8,11-12H,5,7,9-10H2,1-4H3,(H,14,15). The van der Waals surface area contributed by atoms with Gasteiger partial charge in [0.05, 0.1) is 12.6 Å². The van der Waals surface area contributed by atoms with Crippen LogP contribution in [0.3, 0.4) is 0 Å². The number of anilines is 1.